The van der Waals surface area contributed by atoms with E-state index < -0.39 is 6.10 Å². The molecular formula is C14H24N2O2S. The van der Waals surface area contributed by atoms with Crippen LogP contribution in [0.15, 0.2) is 6.20 Å². The van der Waals surface area contributed by atoms with Crippen LogP contribution in [0, 0.1) is 5.92 Å². The Balaban J connectivity index is 2.52. The molecule has 108 valence electrons. The summed E-state index contributed by atoms with van der Waals surface area (Å²) < 4.78 is 0. The number of carbonyl (C=O) groups excluding carboxylic acids is 1. The van der Waals surface area contributed by atoms with Crippen molar-refractivity contribution in [3.63, 3.8) is 0 Å². The summed E-state index contributed by atoms with van der Waals surface area (Å²) in [6, 6.07) is 0. The Bertz CT molecular complexity index is 421. The number of aliphatic hydroxyl groups excluding tert-OH is 1. The second kappa shape index (κ2) is 6.48. The number of thiazole rings is 1. The van der Waals surface area contributed by atoms with E-state index in [1.54, 1.807) is 6.20 Å². The fourth-order valence-corrected chi connectivity index (χ4v) is 2.54. The molecule has 0 aromatic carbocycles. The standard InChI is InChI=1S/C14H24N2O2S/c1-9(2)6-10(17)7-15-12(18)11-8-16-13(19-11)14(3,4)5/h8-10,17H,6-7H2,1-5H3,(H,15,18). The fraction of sp³-hybridized carbons (Fsp3) is 0.714. The van der Waals surface area contributed by atoms with E-state index in [1.807, 2.05) is 13.8 Å². The predicted octanol–water partition coefficient (Wildman–Crippen LogP) is 2.58. The zero-order chi connectivity index (χ0) is 14.6. The van der Waals surface area contributed by atoms with Crippen molar-refractivity contribution < 1.29 is 9.90 Å². The molecule has 2 N–H and O–H groups in total. The summed E-state index contributed by atoms with van der Waals surface area (Å²) in [7, 11) is 0. The minimum Gasteiger partial charge on any atom is -0.391 e. The summed E-state index contributed by atoms with van der Waals surface area (Å²) in [6.07, 6.45) is 1.81. The number of amides is 1. The van der Waals surface area contributed by atoms with Crippen molar-refractivity contribution in [2.75, 3.05) is 6.54 Å². The van der Waals surface area contributed by atoms with E-state index in [2.05, 4.69) is 31.1 Å². The third-order valence-electron chi connectivity index (χ3n) is 2.61. The van der Waals surface area contributed by atoms with Crippen LogP contribution in [0.4, 0.5) is 0 Å². The van der Waals surface area contributed by atoms with Gasteiger partial charge in [-0.05, 0) is 12.3 Å². The van der Waals surface area contributed by atoms with Gasteiger partial charge in [0.25, 0.3) is 5.91 Å². The van der Waals surface area contributed by atoms with Gasteiger partial charge in [-0.15, -0.1) is 11.3 Å². The first-order valence-electron chi connectivity index (χ1n) is 6.62. The highest BCUT2D eigenvalue weighted by Crippen LogP contribution is 2.26. The molecule has 0 saturated heterocycles. The Labute approximate surface area is 119 Å². The summed E-state index contributed by atoms with van der Waals surface area (Å²) >= 11 is 1.41. The average Bonchev–Trinajstić information content (AvgIpc) is 2.73. The molecular weight excluding hydrogens is 260 g/mol. The number of aliphatic hydroxyl groups is 1. The normalized spacial score (nSPS) is 13.6. The Morgan fingerprint density at radius 2 is 2.11 bits per heavy atom. The highest BCUT2D eigenvalue weighted by molar-refractivity contribution is 7.13. The van der Waals surface area contributed by atoms with Gasteiger partial charge in [-0.2, -0.15) is 0 Å². The van der Waals surface area contributed by atoms with Crippen LogP contribution in [-0.2, 0) is 5.41 Å². The SMILES string of the molecule is CC(C)CC(O)CNC(=O)c1cnc(C(C)(C)C)s1. The highest BCUT2D eigenvalue weighted by Gasteiger charge is 2.20. The van der Waals surface area contributed by atoms with Crippen LogP contribution in [-0.4, -0.2) is 28.6 Å². The van der Waals surface area contributed by atoms with E-state index in [4.69, 9.17) is 0 Å². The molecule has 1 heterocycles. The van der Waals surface area contributed by atoms with Gasteiger partial charge in [0.05, 0.1) is 17.3 Å². The van der Waals surface area contributed by atoms with Gasteiger partial charge in [0.15, 0.2) is 0 Å². The molecule has 0 spiro atoms. The number of carbonyl (C=O) groups is 1. The molecule has 1 atom stereocenters. The van der Waals surface area contributed by atoms with Crippen molar-refractivity contribution in [3.05, 3.63) is 16.1 Å². The molecule has 1 aromatic heterocycles. The third kappa shape index (κ3) is 5.28. The second-order valence-corrected chi connectivity index (χ2v) is 7.30. The van der Waals surface area contributed by atoms with Crippen LogP contribution in [0.1, 0.15) is 55.7 Å². The Morgan fingerprint density at radius 3 is 2.58 bits per heavy atom. The maximum atomic E-state index is 11.9. The van der Waals surface area contributed by atoms with Crippen molar-refractivity contribution in [1.82, 2.24) is 10.3 Å². The van der Waals surface area contributed by atoms with E-state index in [1.165, 1.54) is 11.3 Å². The zero-order valence-electron chi connectivity index (χ0n) is 12.4. The van der Waals surface area contributed by atoms with Gasteiger partial charge in [-0.1, -0.05) is 34.6 Å². The van der Waals surface area contributed by atoms with Crippen LogP contribution in [0.5, 0.6) is 0 Å². The van der Waals surface area contributed by atoms with E-state index in [0.717, 1.165) is 5.01 Å². The second-order valence-electron chi connectivity index (χ2n) is 6.27. The number of nitrogens with zero attached hydrogens (tertiary/aromatic N) is 1. The van der Waals surface area contributed by atoms with Crippen LogP contribution < -0.4 is 5.32 Å². The largest absolute Gasteiger partial charge is 0.391 e. The van der Waals surface area contributed by atoms with Gasteiger partial charge in [0.1, 0.15) is 4.88 Å². The lowest BCUT2D eigenvalue weighted by atomic mass is 9.98. The van der Waals surface area contributed by atoms with Crippen LogP contribution in [0.2, 0.25) is 0 Å². The minimum atomic E-state index is -0.487. The zero-order valence-corrected chi connectivity index (χ0v) is 13.2. The monoisotopic (exact) mass is 284 g/mol. The van der Waals surface area contributed by atoms with Gasteiger partial charge in [-0.25, -0.2) is 4.98 Å². The number of hydrogen-bond donors (Lipinski definition) is 2. The molecule has 0 radical (unpaired) electrons. The van der Waals surface area contributed by atoms with Gasteiger partial charge < -0.3 is 10.4 Å². The van der Waals surface area contributed by atoms with Crippen LogP contribution in [0.25, 0.3) is 0 Å². The van der Waals surface area contributed by atoms with E-state index >= 15 is 0 Å². The number of rotatable bonds is 5. The summed E-state index contributed by atoms with van der Waals surface area (Å²) in [5.74, 6) is 0.263. The minimum absolute atomic E-state index is 0.0413. The smallest absolute Gasteiger partial charge is 0.263 e. The van der Waals surface area contributed by atoms with Crippen LogP contribution >= 0.6 is 11.3 Å². The van der Waals surface area contributed by atoms with Gasteiger partial charge >= 0.3 is 0 Å². The first-order chi connectivity index (χ1) is 8.70. The average molecular weight is 284 g/mol. The lowest BCUT2D eigenvalue weighted by Gasteiger charge is -2.14. The highest BCUT2D eigenvalue weighted by atomic mass is 32.1. The van der Waals surface area contributed by atoms with Crippen molar-refractivity contribution >= 4 is 17.2 Å². The Morgan fingerprint density at radius 1 is 1.47 bits per heavy atom. The lowest BCUT2D eigenvalue weighted by molar-refractivity contribution is 0.0904. The van der Waals surface area contributed by atoms with E-state index in [0.29, 0.717) is 23.8 Å². The molecule has 1 amide bonds. The number of nitrogens with one attached hydrogen (secondary N) is 1. The molecule has 0 bridgehead atoms. The van der Waals surface area contributed by atoms with E-state index in [9.17, 15) is 9.90 Å². The molecule has 0 aliphatic heterocycles. The van der Waals surface area contributed by atoms with Gasteiger partial charge in [0.2, 0.25) is 0 Å². The summed E-state index contributed by atoms with van der Waals surface area (Å²) in [6.45, 7) is 10.6. The van der Waals surface area contributed by atoms with Crippen molar-refractivity contribution in [1.29, 1.82) is 0 Å². The Kier molecular flexibility index (Phi) is 5.50. The van der Waals surface area contributed by atoms with Crippen molar-refractivity contribution in [3.8, 4) is 0 Å². The molecule has 1 unspecified atom stereocenters. The summed E-state index contributed by atoms with van der Waals surface area (Å²) in [5, 5.41) is 13.4. The summed E-state index contributed by atoms with van der Waals surface area (Å²) in [5.41, 5.74) is -0.0413. The predicted molar refractivity (Wildman–Crippen MR) is 78.6 cm³/mol. The molecule has 1 aromatic rings. The van der Waals surface area contributed by atoms with Crippen molar-refractivity contribution in [2.24, 2.45) is 5.92 Å². The molecule has 1 rings (SSSR count). The molecule has 0 aliphatic carbocycles. The fourth-order valence-electron chi connectivity index (χ4n) is 1.65. The Hall–Kier alpha value is -0.940. The summed E-state index contributed by atoms with van der Waals surface area (Å²) in [4.78, 5) is 16.8. The quantitative estimate of drug-likeness (QED) is 0.873. The van der Waals surface area contributed by atoms with Crippen molar-refractivity contribution in [2.45, 2.75) is 52.6 Å². The molecule has 19 heavy (non-hydrogen) atoms. The van der Waals surface area contributed by atoms with Crippen LogP contribution in [0.3, 0.4) is 0 Å². The van der Waals surface area contributed by atoms with Gasteiger partial charge in [0, 0.05) is 12.0 Å². The van der Waals surface area contributed by atoms with Gasteiger partial charge in [-0.3, -0.25) is 4.79 Å². The maximum Gasteiger partial charge on any atom is 0.263 e. The maximum absolute atomic E-state index is 11.9. The molecule has 0 fully saturated rings. The first-order valence-corrected chi connectivity index (χ1v) is 7.44. The topological polar surface area (TPSA) is 62.2 Å². The number of aromatic nitrogens is 1. The lowest BCUT2D eigenvalue weighted by Crippen LogP contribution is -2.32. The molecule has 4 nitrogen and oxygen atoms in total. The first kappa shape index (κ1) is 16.1. The number of hydrogen-bond acceptors (Lipinski definition) is 4. The van der Waals surface area contributed by atoms with E-state index in [-0.39, 0.29) is 11.3 Å². The molecule has 0 aliphatic rings. The third-order valence-corrected chi connectivity index (χ3v) is 4.03. The molecule has 0 saturated carbocycles. The molecule has 5 heteroatoms.